The van der Waals surface area contributed by atoms with Gasteiger partial charge in [-0.05, 0) is 36.4 Å². The van der Waals surface area contributed by atoms with E-state index in [1.165, 1.54) is 7.11 Å². The van der Waals surface area contributed by atoms with Crippen LogP contribution in [0.1, 0.15) is 10.4 Å². The number of urea groups is 1. The molecular weight excluding hydrogens is 352 g/mol. The number of benzene rings is 2. The van der Waals surface area contributed by atoms with E-state index in [4.69, 9.17) is 9.47 Å². The van der Waals surface area contributed by atoms with Crippen LogP contribution in [-0.4, -0.2) is 41.8 Å². The van der Waals surface area contributed by atoms with Gasteiger partial charge in [0.1, 0.15) is 5.75 Å². The number of rotatable bonds is 5. The molecule has 2 aromatic carbocycles. The third kappa shape index (κ3) is 4.60. The van der Waals surface area contributed by atoms with Crippen molar-refractivity contribution in [2.75, 3.05) is 19.0 Å². The smallest absolute Gasteiger partial charge is 0.338 e. The van der Waals surface area contributed by atoms with Crippen molar-refractivity contribution in [3.05, 3.63) is 54.2 Å². The quantitative estimate of drug-likeness (QED) is 0.593. The highest BCUT2D eigenvalue weighted by Crippen LogP contribution is 2.15. The van der Waals surface area contributed by atoms with E-state index in [1.54, 1.807) is 48.7 Å². The molecule has 9 heteroatoms. The van der Waals surface area contributed by atoms with Crippen molar-refractivity contribution in [1.29, 1.82) is 0 Å². The maximum atomic E-state index is 12.0. The normalized spacial score (nSPS) is 10.3. The SMILES string of the molecule is COc1ccc(NC(=O)NC(=O)COC(=O)c2ccc3cn[nH]c3c2)cc1. The number of hydrogen-bond donors (Lipinski definition) is 3. The predicted octanol–water partition coefficient (Wildman–Crippen LogP) is 2.08. The number of imide groups is 1. The van der Waals surface area contributed by atoms with Crippen LogP contribution >= 0.6 is 0 Å². The van der Waals surface area contributed by atoms with Gasteiger partial charge in [0, 0.05) is 11.1 Å². The van der Waals surface area contributed by atoms with E-state index < -0.39 is 24.5 Å². The van der Waals surface area contributed by atoms with Crippen LogP contribution in [0, 0.1) is 0 Å². The van der Waals surface area contributed by atoms with Crippen molar-refractivity contribution in [3.8, 4) is 5.75 Å². The number of carbonyl (C=O) groups excluding carboxylic acids is 3. The second-order valence-corrected chi connectivity index (χ2v) is 5.48. The summed E-state index contributed by atoms with van der Waals surface area (Å²) in [5, 5.41) is 12.0. The van der Waals surface area contributed by atoms with Gasteiger partial charge in [-0.3, -0.25) is 15.2 Å². The minimum absolute atomic E-state index is 0.266. The zero-order valence-electron chi connectivity index (χ0n) is 14.3. The minimum Gasteiger partial charge on any atom is -0.497 e. The molecule has 0 saturated heterocycles. The van der Waals surface area contributed by atoms with Gasteiger partial charge in [-0.1, -0.05) is 6.07 Å². The lowest BCUT2D eigenvalue weighted by Gasteiger charge is -2.08. The summed E-state index contributed by atoms with van der Waals surface area (Å²) in [5.74, 6) is -0.800. The third-order valence-corrected chi connectivity index (χ3v) is 3.61. The summed E-state index contributed by atoms with van der Waals surface area (Å²) in [4.78, 5) is 35.6. The molecule has 0 spiro atoms. The second kappa shape index (κ2) is 8.00. The molecule has 138 valence electrons. The first-order valence-corrected chi connectivity index (χ1v) is 7.90. The monoisotopic (exact) mass is 368 g/mol. The summed E-state index contributed by atoms with van der Waals surface area (Å²) in [5.41, 5.74) is 1.42. The summed E-state index contributed by atoms with van der Waals surface area (Å²) < 4.78 is 9.93. The first-order chi connectivity index (χ1) is 13.0. The molecule has 0 unspecified atom stereocenters. The largest absolute Gasteiger partial charge is 0.497 e. The lowest BCUT2D eigenvalue weighted by Crippen LogP contribution is -2.37. The number of nitrogens with one attached hydrogen (secondary N) is 3. The molecule has 9 nitrogen and oxygen atoms in total. The minimum atomic E-state index is -0.753. The topological polar surface area (TPSA) is 122 Å². The van der Waals surface area contributed by atoms with E-state index in [9.17, 15) is 14.4 Å². The number of H-pyrrole nitrogens is 1. The first-order valence-electron chi connectivity index (χ1n) is 7.90. The van der Waals surface area contributed by atoms with Crippen LogP contribution in [0.25, 0.3) is 10.9 Å². The van der Waals surface area contributed by atoms with E-state index >= 15 is 0 Å². The Bertz CT molecular complexity index is 981. The number of nitrogens with zero attached hydrogens (tertiary/aromatic N) is 1. The van der Waals surface area contributed by atoms with Crippen molar-refractivity contribution < 1.29 is 23.9 Å². The Labute approximate surface area is 153 Å². The summed E-state index contributed by atoms with van der Waals surface area (Å²) >= 11 is 0. The zero-order chi connectivity index (χ0) is 19.2. The number of methoxy groups -OCH3 is 1. The lowest BCUT2D eigenvalue weighted by molar-refractivity contribution is -0.123. The Morgan fingerprint density at radius 1 is 1.11 bits per heavy atom. The highest BCUT2D eigenvalue weighted by atomic mass is 16.5. The number of ether oxygens (including phenoxy) is 2. The molecule has 1 aromatic heterocycles. The molecule has 0 aliphatic rings. The van der Waals surface area contributed by atoms with Crippen LogP contribution in [0.3, 0.4) is 0 Å². The Kier molecular flexibility index (Phi) is 5.31. The molecule has 27 heavy (non-hydrogen) atoms. The van der Waals surface area contributed by atoms with Crippen LogP contribution in [-0.2, 0) is 9.53 Å². The number of esters is 1. The molecule has 3 aromatic rings. The van der Waals surface area contributed by atoms with Crippen molar-refractivity contribution in [3.63, 3.8) is 0 Å². The van der Waals surface area contributed by atoms with Crippen LogP contribution in [0.5, 0.6) is 5.75 Å². The molecule has 3 rings (SSSR count). The van der Waals surface area contributed by atoms with E-state index in [2.05, 4.69) is 20.8 Å². The van der Waals surface area contributed by atoms with Crippen LogP contribution < -0.4 is 15.4 Å². The second-order valence-electron chi connectivity index (χ2n) is 5.48. The standard InChI is InChI=1S/C18H16N4O5/c1-26-14-6-4-13(5-7-14)20-18(25)21-16(23)10-27-17(24)11-2-3-12-9-19-22-15(12)8-11/h2-9H,10H2,1H3,(H,19,22)(H2,20,21,23,25). The Morgan fingerprint density at radius 2 is 1.89 bits per heavy atom. The maximum absolute atomic E-state index is 12.0. The molecule has 3 amide bonds. The van der Waals surface area contributed by atoms with Crippen LogP contribution in [0.2, 0.25) is 0 Å². The molecule has 0 saturated carbocycles. The van der Waals surface area contributed by atoms with Gasteiger partial charge in [0.15, 0.2) is 6.61 Å². The van der Waals surface area contributed by atoms with E-state index in [1.807, 2.05) is 0 Å². The van der Waals surface area contributed by atoms with Crippen LogP contribution in [0.4, 0.5) is 10.5 Å². The number of anilines is 1. The highest BCUT2D eigenvalue weighted by Gasteiger charge is 2.13. The number of aromatic amines is 1. The molecule has 3 N–H and O–H groups in total. The van der Waals surface area contributed by atoms with Gasteiger partial charge < -0.3 is 14.8 Å². The van der Waals surface area contributed by atoms with Crippen molar-refractivity contribution in [2.45, 2.75) is 0 Å². The zero-order valence-corrected chi connectivity index (χ0v) is 14.3. The summed E-state index contributed by atoms with van der Waals surface area (Å²) in [6.07, 6.45) is 1.62. The summed E-state index contributed by atoms with van der Waals surface area (Å²) in [6.45, 7) is -0.587. The van der Waals surface area contributed by atoms with Crippen molar-refractivity contribution >= 4 is 34.5 Å². The van der Waals surface area contributed by atoms with E-state index in [-0.39, 0.29) is 5.56 Å². The van der Waals surface area contributed by atoms with Gasteiger partial charge in [-0.15, -0.1) is 0 Å². The van der Waals surface area contributed by atoms with Gasteiger partial charge in [-0.2, -0.15) is 5.10 Å². The number of fused-ring (bicyclic) bond motifs is 1. The van der Waals surface area contributed by atoms with Gasteiger partial charge in [0.05, 0.1) is 24.4 Å². The molecule has 0 atom stereocenters. The fraction of sp³-hybridized carbons (Fsp3) is 0.111. The number of aromatic nitrogens is 2. The summed E-state index contributed by atoms with van der Waals surface area (Å²) in [6, 6.07) is 10.7. The fourth-order valence-corrected chi connectivity index (χ4v) is 2.28. The van der Waals surface area contributed by atoms with Gasteiger partial charge in [-0.25, -0.2) is 9.59 Å². The van der Waals surface area contributed by atoms with Gasteiger partial charge in [0.25, 0.3) is 5.91 Å². The number of hydrogen-bond acceptors (Lipinski definition) is 6. The molecule has 0 aliphatic carbocycles. The van der Waals surface area contributed by atoms with Gasteiger partial charge >= 0.3 is 12.0 Å². The van der Waals surface area contributed by atoms with Crippen molar-refractivity contribution in [2.24, 2.45) is 0 Å². The highest BCUT2D eigenvalue weighted by molar-refractivity contribution is 6.02. The van der Waals surface area contributed by atoms with Gasteiger partial charge in [0.2, 0.25) is 0 Å². The molecule has 0 aliphatic heterocycles. The molecule has 0 fully saturated rings. The van der Waals surface area contributed by atoms with Crippen LogP contribution in [0.15, 0.2) is 48.7 Å². The van der Waals surface area contributed by atoms with Crippen molar-refractivity contribution in [1.82, 2.24) is 15.5 Å². The Morgan fingerprint density at radius 3 is 2.63 bits per heavy atom. The molecular formula is C18H16N4O5. The number of amides is 3. The number of carbonyl (C=O) groups is 3. The predicted molar refractivity (Wildman–Crippen MR) is 96.5 cm³/mol. The third-order valence-electron chi connectivity index (χ3n) is 3.61. The maximum Gasteiger partial charge on any atom is 0.338 e. The molecule has 0 radical (unpaired) electrons. The first kappa shape index (κ1) is 17.9. The average Bonchev–Trinajstić information content (AvgIpc) is 3.14. The molecule has 1 heterocycles. The Hall–Kier alpha value is -3.88. The summed E-state index contributed by atoms with van der Waals surface area (Å²) in [7, 11) is 1.53. The average molecular weight is 368 g/mol. The van der Waals surface area contributed by atoms with E-state index in [0.29, 0.717) is 17.0 Å². The molecule has 0 bridgehead atoms. The lowest BCUT2D eigenvalue weighted by atomic mass is 10.2. The Balaban J connectivity index is 1.48. The fourth-order valence-electron chi connectivity index (χ4n) is 2.28. The van der Waals surface area contributed by atoms with E-state index in [0.717, 1.165) is 5.39 Å².